The highest BCUT2D eigenvalue weighted by Gasteiger charge is 1.84. The summed E-state index contributed by atoms with van der Waals surface area (Å²) in [6.45, 7) is 0. The van der Waals surface area contributed by atoms with Crippen LogP contribution in [0.4, 0.5) is 0 Å². The highest BCUT2D eigenvalue weighted by molar-refractivity contribution is 7.79. The summed E-state index contributed by atoms with van der Waals surface area (Å²) in [5.74, 6) is 0. The van der Waals surface area contributed by atoms with Crippen LogP contribution in [0.2, 0.25) is 0 Å². The van der Waals surface area contributed by atoms with E-state index in [2.05, 4.69) is 5.32 Å². The lowest BCUT2D eigenvalue weighted by Crippen LogP contribution is -1.89. The molecule has 0 heterocycles. The van der Waals surface area contributed by atoms with Crippen molar-refractivity contribution >= 4 is 10.4 Å². The van der Waals surface area contributed by atoms with E-state index in [1.54, 1.807) is 0 Å². The van der Waals surface area contributed by atoms with Gasteiger partial charge >= 0.3 is 10.4 Å². The average molecular weight is 160 g/mol. The van der Waals surface area contributed by atoms with E-state index in [9.17, 15) is 0 Å². The SMILES string of the molecule is CNC.N.O=S(=O)(O)O. The molecule has 9 heavy (non-hydrogen) atoms. The monoisotopic (exact) mass is 160 g/mol. The molecule has 0 aliphatic rings. The van der Waals surface area contributed by atoms with Crippen molar-refractivity contribution < 1.29 is 17.5 Å². The van der Waals surface area contributed by atoms with Gasteiger partial charge in [-0.25, -0.2) is 0 Å². The standard InChI is InChI=1S/C2H7N.H3N.H2O4S/c1-3-2;;1-5(2,3)4/h3H,1-2H3;1H3;(H2,1,2,3,4). The molecule has 0 unspecified atom stereocenters. The summed E-state index contributed by atoms with van der Waals surface area (Å²) in [6.07, 6.45) is 0. The first-order valence-corrected chi connectivity index (χ1v) is 3.10. The summed E-state index contributed by atoms with van der Waals surface area (Å²) in [7, 11) is -0.917. The Hall–Kier alpha value is -0.210. The molecule has 0 saturated carbocycles. The van der Waals surface area contributed by atoms with Crippen molar-refractivity contribution in [2.45, 2.75) is 0 Å². The van der Waals surface area contributed by atoms with Gasteiger partial charge in [0.05, 0.1) is 0 Å². The molecule has 7 heteroatoms. The Balaban J connectivity index is -0.0000000800. The summed E-state index contributed by atoms with van der Waals surface area (Å²) in [5, 5.41) is 2.75. The van der Waals surface area contributed by atoms with E-state index in [1.807, 2.05) is 14.1 Å². The van der Waals surface area contributed by atoms with Crippen molar-refractivity contribution in [3.63, 3.8) is 0 Å². The molecular weight excluding hydrogens is 148 g/mol. The van der Waals surface area contributed by atoms with Crippen LogP contribution in [0.25, 0.3) is 0 Å². The fourth-order valence-electron chi connectivity index (χ4n) is 0. The molecule has 0 spiro atoms. The smallest absolute Gasteiger partial charge is 0.344 e. The zero-order valence-corrected chi connectivity index (χ0v) is 6.14. The van der Waals surface area contributed by atoms with Crippen LogP contribution in [0, 0.1) is 0 Å². The van der Waals surface area contributed by atoms with Gasteiger partial charge in [-0.3, -0.25) is 9.11 Å². The molecule has 0 bridgehead atoms. The van der Waals surface area contributed by atoms with Gasteiger partial charge in [-0.05, 0) is 14.1 Å². The number of hydrogen-bond acceptors (Lipinski definition) is 4. The Morgan fingerprint density at radius 2 is 1.22 bits per heavy atom. The molecule has 0 rings (SSSR count). The van der Waals surface area contributed by atoms with Crippen molar-refractivity contribution in [1.29, 1.82) is 0 Å². The second-order valence-corrected chi connectivity index (χ2v) is 1.84. The van der Waals surface area contributed by atoms with Crippen LogP contribution in [0.1, 0.15) is 0 Å². The maximum absolute atomic E-state index is 8.74. The molecule has 0 amide bonds. The lowest BCUT2D eigenvalue weighted by molar-refractivity contribution is 0.381. The van der Waals surface area contributed by atoms with E-state index in [0.29, 0.717) is 0 Å². The Bertz CT molecular complexity index is 111. The first-order valence-electron chi connectivity index (χ1n) is 1.70. The Morgan fingerprint density at radius 1 is 1.22 bits per heavy atom. The molecular formula is C2H12N2O4S. The molecule has 0 aliphatic heterocycles. The Morgan fingerprint density at radius 3 is 1.22 bits per heavy atom. The average Bonchev–Trinajstić information content (AvgIpc) is 1.27. The van der Waals surface area contributed by atoms with Crippen LogP contribution in [0.5, 0.6) is 0 Å². The van der Waals surface area contributed by atoms with E-state index < -0.39 is 10.4 Å². The zero-order valence-electron chi connectivity index (χ0n) is 5.33. The minimum absolute atomic E-state index is 0. The van der Waals surface area contributed by atoms with E-state index >= 15 is 0 Å². The molecule has 0 fully saturated rings. The Kier molecular flexibility index (Phi) is 13.8. The summed E-state index contributed by atoms with van der Waals surface area (Å²) in [4.78, 5) is 0. The second-order valence-electron chi connectivity index (χ2n) is 0.948. The van der Waals surface area contributed by atoms with Crippen LogP contribution >= 0.6 is 0 Å². The predicted octanol–water partition coefficient (Wildman–Crippen LogP) is -0.655. The minimum atomic E-state index is -4.67. The Labute approximate surface area is 54.4 Å². The molecule has 0 aromatic heterocycles. The van der Waals surface area contributed by atoms with Crippen molar-refractivity contribution in [2.24, 2.45) is 0 Å². The molecule has 0 saturated heterocycles. The predicted molar refractivity (Wildman–Crippen MR) is 34.2 cm³/mol. The quantitative estimate of drug-likeness (QED) is 0.349. The van der Waals surface area contributed by atoms with Gasteiger partial charge in [0, 0.05) is 0 Å². The summed E-state index contributed by atoms with van der Waals surface area (Å²) in [6, 6.07) is 0. The highest BCUT2D eigenvalue weighted by Crippen LogP contribution is 1.59. The summed E-state index contributed by atoms with van der Waals surface area (Å²) < 4.78 is 31.6. The van der Waals surface area contributed by atoms with E-state index in [4.69, 9.17) is 17.5 Å². The van der Waals surface area contributed by atoms with Crippen LogP contribution < -0.4 is 11.5 Å². The third-order valence-electron chi connectivity index (χ3n) is 0. The maximum atomic E-state index is 8.74. The minimum Gasteiger partial charge on any atom is -0.344 e. The van der Waals surface area contributed by atoms with Gasteiger partial charge in [0.25, 0.3) is 0 Å². The highest BCUT2D eigenvalue weighted by atomic mass is 32.3. The first kappa shape index (κ1) is 15.9. The van der Waals surface area contributed by atoms with Gasteiger partial charge in [0.2, 0.25) is 0 Å². The number of nitrogens with one attached hydrogen (secondary N) is 1. The van der Waals surface area contributed by atoms with Crippen molar-refractivity contribution in [3.8, 4) is 0 Å². The third-order valence-corrected chi connectivity index (χ3v) is 0. The van der Waals surface area contributed by atoms with Gasteiger partial charge in [0.15, 0.2) is 0 Å². The fourth-order valence-corrected chi connectivity index (χ4v) is 0. The first-order chi connectivity index (χ1) is 3.41. The van der Waals surface area contributed by atoms with Crippen LogP contribution in [-0.2, 0) is 10.4 Å². The van der Waals surface area contributed by atoms with E-state index in [1.165, 1.54) is 0 Å². The molecule has 0 radical (unpaired) electrons. The van der Waals surface area contributed by atoms with Gasteiger partial charge < -0.3 is 11.5 Å². The van der Waals surface area contributed by atoms with Crippen LogP contribution in [0.15, 0.2) is 0 Å². The van der Waals surface area contributed by atoms with E-state index in [0.717, 1.165) is 0 Å². The van der Waals surface area contributed by atoms with Crippen molar-refractivity contribution in [1.82, 2.24) is 11.5 Å². The third kappa shape index (κ3) is 5920. The van der Waals surface area contributed by atoms with Gasteiger partial charge in [-0.15, -0.1) is 0 Å². The molecule has 0 aliphatic carbocycles. The molecule has 0 aromatic rings. The van der Waals surface area contributed by atoms with Gasteiger partial charge in [-0.1, -0.05) is 0 Å². The summed E-state index contributed by atoms with van der Waals surface area (Å²) in [5.41, 5.74) is 0. The molecule has 0 atom stereocenters. The maximum Gasteiger partial charge on any atom is 0.394 e. The van der Waals surface area contributed by atoms with E-state index in [-0.39, 0.29) is 6.15 Å². The molecule has 0 aromatic carbocycles. The lowest BCUT2D eigenvalue weighted by atomic mass is 11.3. The van der Waals surface area contributed by atoms with Gasteiger partial charge in [-0.2, -0.15) is 8.42 Å². The van der Waals surface area contributed by atoms with Crippen LogP contribution in [-0.4, -0.2) is 31.6 Å². The zero-order chi connectivity index (χ0) is 7.21. The molecule has 6 nitrogen and oxygen atoms in total. The topological polar surface area (TPSA) is 122 Å². The number of hydrogen-bond donors (Lipinski definition) is 4. The van der Waals surface area contributed by atoms with Crippen molar-refractivity contribution in [3.05, 3.63) is 0 Å². The van der Waals surface area contributed by atoms with Crippen LogP contribution in [0.3, 0.4) is 0 Å². The molecule has 6 N–H and O–H groups in total. The van der Waals surface area contributed by atoms with Crippen molar-refractivity contribution in [2.75, 3.05) is 14.1 Å². The fraction of sp³-hybridized carbons (Fsp3) is 1.00. The summed E-state index contributed by atoms with van der Waals surface area (Å²) >= 11 is 0. The largest absolute Gasteiger partial charge is 0.394 e. The lowest BCUT2D eigenvalue weighted by Gasteiger charge is -1.68. The molecule has 60 valence electrons. The normalized spacial score (nSPS) is 8.44. The second kappa shape index (κ2) is 7.79. The number of rotatable bonds is 0. The van der Waals surface area contributed by atoms with Gasteiger partial charge in [0.1, 0.15) is 0 Å².